The highest BCUT2D eigenvalue weighted by Crippen LogP contribution is 2.20. The molecule has 1 fully saturated rings. The molecule has 1 atom stereocenters. The molecule has 0 bridgehead atoms. The van der Waals surface area contributed by atoms with Crippen LogP contribution in [0.4, 0.5) is 0 Å². The minimum atomic E-state index is 0.388. The Labute approximate surface area is 123 Å². The van der Waals surface area contributed by atoms with Crippen LogP contribution in [0.1, 0.15) is 24.4 Å². The van der Waals surface area contributed by atoms with Gasteiger partial charge in [-0.3, -0.25) is 14.8 Å². The number of nitrogens with zero attached hydrogens (tertiary/aromatic N) is 5. The lowest BCUT2D eigenvalue weighted by Crippen LogP contribution is -2.46. The summed E-state index contributed by atoms with van der Waals surface area (Å²) < 4.78 is 3.92. The Morgan fingerprint density at radius 2 is 2.10 bits per heavy atom. The van der Waals surface area contributed by atoms with Crippen LogP contribution in [0.15, 0.2) is 29.8 Å². The van der Waals surface area contributed by atoms with Crippen molar-refractivity contribution in [3.05, 3.63) is 41.2 Å². The van der Waals surface area contributed by atoms with Gasteiger partial charge in [-0.1, -0.05) is 10.6 Å². The van der Waals surface area contributed by atoms with E-state index in [0.29, 0.717) is 6.04 Å². The monoisotopic (exact) mass is 289 g/mol. The van der Waals surface area contributed by atoms with Gasteiger partial charge in [0.1, 0.15) is 0 Å². The molecule has 0 aliphatic carbocycles. The second-order valence-electron chi connectivity index (χ2n) is 5.14. The number of piperazine rings is 1. The molecular formula is C14H19N5S. The van der Waals surface area contributed by atoms with Crippen LogP contribution in [0.2, 0.25) is 0 Å². The third-order valence-corrected chi connectivity index (χ3v) is 4.41. The number of pyridine rings is 1. The summed E-state index contributed by atoms with van der Waals surface area (Å²) in [5, 5.41) is 6.15. The second kappa shape index (κ2) is 6.39. The highest BCUT2D eigenvalue weighted by atomic mass is 32.1. The third-order valence-electron chi connectivity index (χ3n) is 3.86. The summed E-state index contributed by atoms with van der Waals surface area (Å²) in [6.07, 6.45) is 1.87. The molecule has 1 unspecified atom stereocenters. The van der Waals surface area contributed by atoms with E-state index in [4.69, 9.17) is 0 Å². The Kier molecular flexibility index (Phi) is 4.34. The van der Waals surface area contributed by atoms with E-state index in [0.717, 1.165) is 44.1 Å². The Hall–Kier alpha value is -1.37. The van der Waals surface area contributed by atoms with E-state index >= 15 is 0 Å². The predicted molar refractivity (Wildman–Crippen MR) is 79.4 cm³/mol. The van der Waals surface area contributed by atoms with Crippen molar-refractivity contribution >= 4 is 11.5 Å². The van der Waals surface area contributed by atoms with E-state index in [1.165, 1.54) is 11.5 Å². The normalized spacial score (nSPS) is 19.1. The maximum atomic E-state index is 4.46. The molecule has 0 spiro atoms. The van der Waals surface area contributed by atoms with Crippen molar-refractivity contribution in [3.8, 4) is 0 Å². The first-order chi connectivity index (χ1) is 9.83. The van der Waals surface area contributed by atoms with Crippen LogP contribution < -0.4 is 0 Å². The minimum absolute atomic E-state index is 0.388. The van der Waals surface area contributed by atoms with E-state index in [1.807, 2.05) is 17.6 Å². The maximum absolute atomic E-state index is 4.46. The highest BCUT2D eigenvalue weighted by Gasteiger charge is 2.22. The smallest absolute Gasteiger partial charge is 0.0895 e. The molecule has 2 aromatic rings. The summed E-state index contributed by atoms with van der Waals surface area (Å²) in [6.45, 7) is 7.47. The molecule has 2 aromatic heterocycles. The van der Waals surface area contributed by atoms with Crippen molar-refractivity contribution < 1.29 is 0 Å². The molecular weight excluding hydrogens is 270 g/mol. The lowest BCUT2D eigenvalue weighted by molar-refractivity contribution is 0.0956. The largest absolute Gasteiger partial charge is 0.295 e. The molecule has 0 saturated carbocycles. The van der Waals surface area contributed by atoms with Crippen molar-refractivity contribution in [3.63, 3.8) is 0 Å². The van der Waals surface area contributed by atoms with Gasteiger partial charge >= 0.3 is 0 Å². The molecule has 0 N–H and O–H groups in total. The standard InChI is InChI=1S/C14H19N5S/c1-12(14-4-2-3-5-15-14)19-8-6-18(7-9-19)10-13-11-20-17-16-13/h2-5,11-12H,6-10H2,1H3. The second-order valence-corrected chi connectivity index (χ2v) is 5.75. The molecule has 0 aromatic carbocycles. The Bertz CT molecular complexity index is 508. The molecule has 3 rings (SSSR count). The molecule has 106 valence electrons. The Balaban J connectivity index is 1.53. The van der Waals surface area contributed by atoms with E-state index in [9.17, 15) is 0 Å². The molecule has 20 heavy (non-hydrogen) atoms. The van der Waals surface area contributed by atoms with Gasteiger partial charge in [-0.15, -0.1) is 5.10 Å². The Morgan fingerprint density at radius 3 is 2.75 bits per heavy atom. The number of aromatic nitrogens is 3. The van der Waals surface area contributed by atoms with E-state index in [-0.39, 0.29) is 0 Å². The average Bonchev–Trinajstić information content (AvgIpc) is 3.01. The fourth-order valence-electron chi connectivity index (χ4n) is 2.60. The van der Waals surface area contributed by atoms with E-state index < -0.39 is 0 Å². The molecule has 1 aliphatic heterocycles. The summed E-state index contributed by atoms with van der Waals surface area (Å²) in [5.74, 6) is 0. The highest BCUT2D eigenvalue weighted by molar-refractivity contribution is 7.03. The first-order valence-corrected chi connectivity index (χ1v) is 7.80. The van der Waals surface area contributed by atoms with Crippen molar-refractivity contribution in [2.24, 2.45) is 0 Å². The molecule has 3 heterocycles. The first kappa shape index (κ1) is 13.6. The number of rotatable bonds is 4. The lowest BCUT2D eigenvalue weighted by Gasteiger charge is -2.37. The number of hydrogen-bond donors (Lipinski definition) is 0. The van der Waals surface area contributed by atoms with Crippen LogP contribution in [0, 0.1) is 0 Å². The molecule has 6 heteroatoms. The topological polar surface area (TPSA) is 45.2 Å². The van der Waals surface area contributed by atoms with Crippen LogP contribution in [0.3, 0.4) is 0 Å². The SMILES string of the molecule is CC(c1ccccn1)N1CCN(Cc2csnn2)CC1. The summed E-state index contributed by atoms with van der Waals surface area (Å²) in [6, 6.07) is 6.53. The summed E-state index contributed by atoms with van der Waals surface area (Å²) in [5.41, 5.74) is 2.24. The van der Waals surface area contributed by atoms with Gasteiger partial charge < -0.3 is 0 Å². The van der Waals surface area contributed by atoms with Gasteiger partial charge in [0.15, 0.2) is 0 Å². The van der Waals surface area contributed by atoms with Crippen LogP contribution >= 0.6 is 11.5 Å². The minimum Gasteiger partial charge on any atom is -0.295 e. The fourth-order valence-corrected chi connectivity index (χ4v) is 3.04. The average molecular weight is 289 g/mol. The Morgan fingerprint density at radius 1 is 1.25 bits per heavy atom. The van der Waals surface area contributed by atoms with Gasteiger partial charge in [0, 0.05) is 50.3 Å². The maximum Gasteiger partial charge on any atom is 0.0895 e. The predicted octanol–water partition coefficient (Wildman–Crippen LogP) is 1.81. The van der Waals surface area contributed by atoms with Gasteiger partial charge in [-0.05, 0) is 30.6 Å². The zero-order valence-electron chi connectivity index (χ0n) is 11.6. The quantitative estimate of drug-likeness (QED) is 0.859. The van der Waals surface area contributed by atoms with Crippen LogP contribution in [0.25, 0.3) is 0 Å². The van der Waals surface area contributed by atoms with Gasteiger partial charge in [-0.25, -0.2) is 0 Å². The van der Waals surface area contributed by atoms with Gasteiger partial charge in [-0.2, -0.15) is 0 Å². The van der Waals surface area contributed by atoms with Crippen LogP contribution in [0.5, 0.6) is 0 Å². The molecule has 0 amide bonds. The summed E-state index contributed by atoms with van der Waals surface area (Å²) in [4.78, 5) is 9.40. The van der Waals surface area contributed by atoms with E-state index in [1.54, 1.807) is 0 Å². The zero-order chi connectivity index (χ0) is 13.8. The van der Waals surface area contributed by atoms with Crippen LogP contribution in [-0.2, 0) is 6.54 Å². The van der Waals surface area contributed by atoms with Gasteiger partial charge in [0.2, 0.25) is 0 Å². The molecule has 5 nitrogen and oxygen atoms in total. The van der Waals surface area contributed by atoms with Crippen molar-refractivity contribution in [2.75, 3.05) is 26.2 Å². The molecule has 0 radical (unpaired) electrons. The van der Waals surface area contributed by atoms with Crippen molar-refractivity contribution in [1.29, 1.82) is 0 Å². The van der Waals surface area contributed by atoms with Gasteiger partial charge in [0.05, 0.1) is 11.4 Å². The fraction of sp³-hybridized carbons (Fsp3) is 0.500. The third kappa shape index (κ3) is 3.20. The number of hydrogen-bond acceptors (Lipinski definition) is 6. The van der Waals surface area contributed by atoms with Crippen molar-refractivity contribution in [2.45, 2.75) is 19.5 Å². The lowest BCUT2D eigenvalue weighted by atomic mass is 10.1. The zero-order valence-corrected chi connectivity index (χ0v) is 12.5. The molecule has 1 saturated heterocycles. The van der Waals surface area contributed by atoms with Crippen LogP contribution in [-0.4, -0.2) is 50.5 Å². The molecule has 1 aliphatic rings. The summed E-state index contributed by atoms with van der Waals surface area (Å²) >= 11 is 1.42. The van der Waals surface area contributed by atoms with Crippen molar-refractivity contribution in [1.82, 2.24) is 24.4 Å². The van der Waals surface area contributed by atoms with Gasteiger partial charge in [0.25, 0.3) is 0 Å². The first-order valence-electron chi connectivity index (χ1n) is 6.96. The van der Waals surface area contributed by atoms with E-state index in [2.05, 4.69) is 43.4 Å². The summed E-state index contributed by atoms with van der Waals surface area (Å²) in [7, 11) is 0.